The van der Waals surface area contributed by atoms with Crippen LogP contribution in [0.15, 0.2) is 12.2 Å². The van der Waals surface area contributed by atoms with Gasteiger partial charge in [0.1, 0.15) is 0 Å². The molecular weight excluding hydrogens is 300 g/mol. The van der Waals surface area contributed by atoms with Gasteiger partial charge < -0.3 is 5.11 Å². The first kappa shape index (κ1) is 17.7. The summed E-state index contributed by atoms with van der Waals surface area (Å²) in [5.74, 6) is 0.328. The molecule has 0 aliphatic heterocycles. The molecule has 3 saturated carbocycles. The molecule has 3 heteroatoms. The van der Waals surface area contributed by atoms with E-state index >= 15 is 0 Å². The first-order valence-corrected chi connectivity index (χ1v) is 9.58. The predicted octanol–water partition coefficient (Wildman–Crippen LogP) is 4.86. The molecular formula is C21H32O3. The van der Waals surface area contributed by atoms with Crippen molar-refractivity contribution in [2.75, 3.05) is 0 Å². The molecule has 0 bridgehead atoms. The largest absolute Gasteiger partial charge is 0.481 e. The van der Waals surface area contributed by atoms with Gasteiger partial charge >= 0.3 is 5.97 Å². The van der Waals surface area contributed by atoms with Crippen molar-refractivity contribution in [3.05, 3.63) is 12.2 Å². The average molecular weight is 332 g/mol. The second kappa shape index (κ2) is 5.44. The third kappa shape index (κ3) is 2.09. The fraction of sp³-hybridized carbons (Fsp3) is 0.810. The third-order valence-electron chi connectivity index (χ3n) is 8.30. The monoisotopic (exact) mass is 332 g/mol. The zero-order valence-corrected chi connectivity index (χ0v) is 15.7. The van der Waals surface area contributed by atoms with Gasteiger partial charge in [0.05, 0.1) is 5.41 Å². The van der Waals surface area contributed by atoms with Crippen LogP contribution >= 0.6 is 0 Å². The lowest BCUT2D eigenvalue weighted by Crippen LogP contribution is -2.61. The van der Waals surface area contributed by atoms with Gasteiger partial charge in [-0.25, -0.2) is 0 Å². The van der Waals surface area contributed by atoms with Crippen molar-refractivity contribution in [3.63, 3.8) is 0 Å². The molecule has 6 atom stereocenters. The number of fused-ring (bicyclic) bond motifs is 3. The van der Waals surface area contributed by atoms with E-state index in [9.17, 15) is 14.7 Å². The lowest BCUT2D eigenvalue weighted by Gasteiger charge is -2.63. The van der Waals surface area contributed by atoms with Crippen LogP contribution in [0.4, 0.5) is 0 Å². The summed E-state index contributed by atoms with van der Waals surface area (Å²) < 4.78 is 0. The zero-order valence-electron chi connectivity index (χ0n) is 15.7. The summed E-state index contributed by atoms with van der Waals surface area (Å²) >= 11 is 0. The van der Waals surface area contributed by atoms with E-state index in [1.807, 2.05) is 6.92 Å². The molecule has 0 spiro atoms. The van der Waals surface area contributed by atoms with Gasteiger partial charge in [0.2, 0.25) is 0 Å². The Hall–Kier alpha value is -1.12. The van der Waals surface area contributed by atoms with Crippen molar-refractivity contribution in [1.29, 1.82) is 0 Å². The molecule has 3 nitrogen and oxygen atoms in total. The first-order chi connectivity index (χ1) is 11.1. The molecule has 3 aliphatic rings. The number of carboxylic acids is 1. The SMILES string of the molecule is C=C1C(=O)[C@@]2(C)CC[C@H]3[C@@](C)(CCC[C@@]3(C)C(=O)O)[C@@H]2C[C@@H]1CC. The topological polar surface area (TPSA) is 54.4 Å². The number of Topliss-reactive ketones (excluding diaryl/α,β-unsaturated/α-hetero) is 1. The van der Waals surface area contributed by atoms with Crippen LogP contribution in [-0.4, -0.2) is 16.9 Å². The number of allylic oxidation sites excluding steroid dienone is 1. The number of carbonyl (C=O) groups excluding carboxylic acids is 1. The van der Waals surface area contributed by atoms with Crippen molar-refractivity contribution in [2.24, 2.45) is 34.0 Å². The van der Waals surface area contributed by atoms with E-state index in [2.05, 4.69) is 27.4 Å². The number of hydrogen-bond acceptors (Lipinski definition) is 2. The summed E-state index contributed by atoms with van der Waals surface area (Å²) in [5.41, 5.74) is -0.226. The van der Waals surface area contributed by atoms with E-state index in [-0.39, 0.29) is 34.4 Å². The van der Waals surface area contributed by atoms with Crippen LogP contribution in [0.1, 0.15) is 72.6 Å². The molecule has 3 rings (SSSR count). The minimum absolute atomic E-state index is 0.0534. The van der Waals surface area contributed by atoms with Crippen LogP contribution < -0.4 is 0 Å². The van der Waals surface area contributed by atoms with Gasteiger partial charge in [-0.3, -0.25) is 9.59 Å². The third-order valence-corrected chi connectivity index (χ3v) is 8.30. The zero-order chi connectivity index (χ0) is 17.9. The molecule has 0 radical (unpaired) electrons. The molecule has 24 heavy (non-hydrogen) atoms. The van der Waals surface area contributed by atoms with Gasteiger partial charge in [0.25, 0.3) is 0 Å². The highest BCUT2D eigenvalue weighted by atomic mass is 16.4. The van der Waals surface area contributed by atoms with Gasteiger partial charge in [-0.05, 0) is 74.2 Å². The molecule has 3 aliphatic carbocycles. The molecule has 0 saturated heterocycles. The van der Waals surface area contributed by atoms with Crippen LogP contribution in [0.3, 0.4) is 0 Å². The molecule has 0 amide bonds. The maximum absolute atomic E-state index is 13.1. The normalized spacial score (nSPS) is 48.6. The molecule has 0 heterocycles. The molecule has 0 aromatic rings. The van der Waals surface area contributed by atoms with Gasteiger partial charge in [-0.2, -0.15) is 0 Å². The summed E-state index contributed by atoms with van der Waals surface area (Å²) in [6.45, 7) is 12.6. The maximum atomic E-state index is 13.1. The van der Waals surface area contributed by atoms with Crippen molar-refractivity contribution in [2.45, 2.75) is 72.6 Å². The van der Waals surface area contributed by atoms with Crippen LogP contribution in [0.5, 0.6) is 0 Å². The minimum Gasteiger partial charge on any atom is -0.481 e. The smallest absolute Gasteiger partial charge is 0.309 e. The first-order valence-electron chi connectivity index (χ1n) is 9.58. The van der Waals surface area contributed by atoms with Crippen molar-refractivity contribution in [3.8, 4) is 0 Å². The Morgan fingerprint density at radius 1 is 1.21 bits per heavy atom. The Labute approximate surface area is 145 Å². The van der Waals surface area contributed by atoms with Crippen molar-refractivity contribution in [1.82, 2.24) is 0 Å². The van der Waals surface area contributed by atoms with E-state index in [1.54, 1.807) is 0 Å². The van der Waals surface area contributed by atoms with Crippen molar-refractivity contribution < 1.29 is 14.7 Å². The second-order valence-corrected chi connectivity index (χ2v) is 9.34. The number of rotatable bonds is 2. The summed E-state index contributed by atoms with van der Waals surface area (Å²) in [7, 11) is 0. The highest BCUT2D eigenvalue weighted by Gasteiger charge is 2.64. The number of carbonyl (C=O) groups is 2. The molecule has 134 valence electrons. The Balaban J connectivity index is 2.06. The minimum atomic E-state index is -0.652. The van der Waals surface area contributed by atoms with E-state index in [4.69, 9.17) is 0 Å². The maximum Gasteiger partial charge on any atom is 0.309 e. The second-order valence-electron chi connectivity index (χ2n) is 9.34. The van der Waals surface area contributed by atoms with Gasteiger partial charge in [-0.15, -0.1) is 0 Å². The van der Waals surface area contributed by atoms with E-state index < -0.39 is 11.4 Å². The van der Waals surface area contributed by atoms with E-state index in [0.717, 1.165) is 50.5 Å². The van der Waals surface area contributed by atoms with Crippen LogP contribution in [-0.2, 0) is 9.59 Å². The highest BCUT2D eigenvalue weighted by molar-refractivity contribution is 6.00. The highest BCUT2D eigenvalue weighted by Crippen LogP contribution is 2.67. The number of hydrogen-bond donors (Lipinski definition) is 1. The Kier molecular flexibility index (Phi) is 4.01. The number of aliphatic carboxylic acids is 1. The number of carboxylic acid groups (broad SMARTS) is 1. The van der Waals surface area contributed by atoms with Gasteiger partial charge in [-0.1, -0.05) is 33.8 Å². The summed E-state index contributed by atoms with van der Waals surface area (Å²) in [4.78, 5) is 25.2. The quantitative estimate of drug-likeness (QED) is 0.735. The molecule has 0 aromatic carbocycles. The Morgan fingerprint density at radius 2 is 1.88 bits per heavy atom. The van der Waals surface area contributed by atoms with Crippen molar-refractivity contribution >= 4 is 11.8 Å². The van der Waals surface area contributed by atoms with Gasteiger partial charge in [0, 0.05) is 5.41 Å². The summed E-state index contributed by atoms with van der Waals surface area (Å²) in [6.07, 6.45) is 6.39. The molecule has 0 unspecified atom stereocenters. The fourth-order valence-electron chi connectivity index (χ4n) is 6.77. The lowest BCUT2D eigenvalue weighted by molar-refractivity contribution is -0.182. The van der Waals surface area contributed by atoms with Gasteiger partial charge in [0.15, 0.2) is 5.78 Å². The molecule has 0 aromatic heterocycles. The average Bonchev–Trinajstić information content (AvgIpc) is 2.52. The Morgan fingerprint density at radius 3 is 2.46 bits per heavy atom. The van der Waals surface area contributed by atoms with E-state index in [0.29, 0.717) is 0 Å². The molecule has 1 N–H and O–H groups in total. The van der Waals surface area contributed by atoms with Crippen LogP contribution in [0.2, 0.25) is 0 Å². The summed E-state index contributed by atoms with van der Waals surface area (Å²) in [6, 6.07) is 0. The standard InChI is InChI=1S/C21H32O3/c1-6-14-12-16-19(3)9-7-10-21(5,18(23)24)15(19)8-11-20(16,4)17(22)13(14)2/h14-16H,2,6-12H2,1,3-5H3,(H,23,24)/t14-,15-,16-,19+,20-,21+/m0/s1. The Bertz CT molecular complexity index is 594. The fourth-order valence-corrected chi connectivity index (χ4v) is 6.77. The number of ketones is 1. The lowest BCUT2D eigenvalue weighted by atomic mass is 9.39. The van der Waals surface area contributed by atoms with Crippen LogP contribution in [0, 0.1) is 34.0 Å². The van der Waals surface area contributed by atoms with Crippen LogP contribution in [0.25, 0.3) is 0 Å². The van der Waals surface area contributed by atoms with E-state index in [1.165, 1.54) is 0 Å². The summed E-state index contributed by atoms with van der Waals surface area (Å²) in [5, 5.41) is 9.92. The predicted molar refractivity (Wildman–Crippen MR) is 94.6 cm³/mol. The molecule has 3 fully saturated rings.